The highest BCUT2D eigenvalue weighted by atomic mass is 15.1. The Morgan fingerprint density at radius 1 is 1.10 bits per heavy atom. The molecule has 1 unspecified atom stereocenters. The Bertz CT molecular complexity index is 570. The zero-order valence-electron chi connectivity index (χ0n) is 13.4. The first-order chi connectivity index (χ1) is 10.0. The molecule has 2 rings (SSSR count). The van der Waals surface area contributed by atoms with E-state index in [0.29, 0.717) is 6.54 Å². The molecule has 0 amide bonds. The van der Waals surface area contributed by atoms with Gasteiger partial charge in [-0.05, 0) is 62.2 Å². The monoisotopic (exact) mass is 283 g/mol. The van der Waals surface area contributed by atoms with Crippen LogP contribution in [0.5, 0.6) is 0 Å². The van der Waals surface area contributed by atoms with Crippen LogP contribution < -0.4 is 5.73 Å². The van der Waals surface area contributed by atoms with Gasteiger partial charge in [0.25, 0.3) is 0 Å². The Morgan fingerprint density at radius 2 is 1.67 bits per heavy atom. The summed E-state index contributed by atoms with van der Waals surface area (Å²) in [7, 11) is 2.14. The number of likely N-dealkylation sites (N-methyl/N-ethyl adjacent to an activating group) is 1. The van der Waals surface area contributed by atoms with Gasteiger partial charge in [0.1, 0.15) is 0 Å². The number of pyridine rings is 1. The SMILES string of the molecule is Cc1cc(C)c(C(CN)N(C)Cc2ccncc2)c(C)c1. The van der Waals surface area contributed by atoms with E-state index in [-0.39, 0.29) is 6.04 Å². The van der Waals surface area contributed by atoms with E-state index in [4.69, 9.17) is 5.73 Å². The zero-order valence-corrected chi connectivity index (χ0v) is 13.4. The van der Waals surface area contributed by atoms with Crippen LogP contribution in [0.2, 0.25) is 0 Å². The molecule has 0 radical (unpaired) electrons. The van der Waals surface area contributed by atoms with E-state index in [2.05, 4.69) is 62.0 Å². The van der Waals surface area contributed by atoms with Crippen molar-refractivity contribution in [3.8, 4) is 0 Å². The lowest BCUT2D eigenvalue weighted by molar-refractivity contribution is 0.240. The van der Waals surface area contributed by atoms with Crippen molar-refractivity contribution in [1.29, 1.82) is 0 Å². The van der Waals surface area contributed by atoms with Crippen LogP contribution in [0.3, 0.4) is 0 Å². The Labute approximate surface area is 127 Å². The number of aromatic nitrogens is 1. The fourth-order valence-electron chi connectivity index (χ4n) is 3.12. The Hall–Kier alpha value is -1.71. The summed E-state index contributed by atoms with van der Waals surface area (Å²) in [5, 5.41) is 0. The van der Waals surface area contributed by atoms with Crippen molar-refractivity contribution in [3.63, 3.8) is 0 Å². The summed E-state index contributed by atoms with van der Waals surface area (Å²) >= 11 is 0. The molecular formula is C18H25N3. The Balaban J connectivity index is 2.27. The first-order valence-corrected chi connectivity index (χ1v) is 7.40. The first kappa shape index (κ1) is 15.7. The molecule has 1 heterocycles. The molecule has 21 heavy (non-hydrogen) atoms. The standard InChI is InChI=1S/C18H25N3/c1-13-9-14(2)18(15(3)10-13)17(11-19)21(4)12-16-5-7-20-8-6-16/h5-10,17H,11-12,19H2,1-4H3. The van der Waals surface area contributed by atoms with Gasteiger partial charge >= 0.3 is 0 Å². The van der Waals surface area contributed by atoms with Gasteiger partial charge in [-0.3, -0.25) is 9.88 Å². The highest BCUT2D eigenvalue weighted by molar-refractivity contribution is 5.40. The molecule has 0 spiro atoms. The maximum Gasteiger partial charge on any atom is 0.0476 e. The molecule has 0 aliphatic heterocycles. The zero-order chi connectivity index (χ0) is 15.4. The average Bonchev–Trinajstić information content (AvgIpc) is 2.43. The minimum Gasteiger partial charge on any atom is -0.329 e. The van der Waals surface area contributed by atoms with Crippen molar-refractivity contribution in [2.75, 3.05) is 13.6 Å². The van der Waals surface area contributed by atoms with E-state index < -0.39 is 0 Å². The van der Waals surface area contributed by atoms with E-state index in [1.807, 2.05) is 12.4 Å². The third kappa shape index (κ3) is 3.69. The number of hydrogen-bond acceptors (Lipinski definition) is 3. The summed E-state index contributed by atoms with van der Waals surface area (Å²) in [5.74, 6) is 0. The molecule has 3 heteroatoms. The molecule has 0 aliphatic carbocycles. The quantitative estimate of drug-likeness (QED) is 0.916. The molecular weight excluding hydrogens is 258 g/mol. The molecule has 0 bridgehead atoms. The van der Waals surface area contributed by atoms with Gasteiger partial charge in [0.15, 0.2) is 0 Å². The van der Waals surface area contributed by atoms with Crippen molar-refractivity contribution in [2.45, 2.75) is 33.4 Å². The minimum absolute atomic E-state index is 0.235. The third-order valence-corrected chi connectivity index (χ3v) is 4.01. The van der Waals surface area contributed by atoms with Crippen LogP contribution in [0.4, 0.5) is 0 Å². The highest BCUT2D eigenvalue weighted by Gasteiger charge is 2.19. The van der Waals surface area contributed by atoms with Crippen LogP contribution in [0.25, 0.3) is 0 Å². The van der Waals surface area contributed by atoms with Crippen molar-refractivity contribution in [2.24, 2.45) is 5.73 Å². The van der Waals surface area contributed by atoms with Crippen LogP contribution in [-0.2, 0) is 6.54 Å². The maximum absolute atomic E-state index is 6.08. The van der Waals surface area contributed by atoms with Gasteiger partial charge in [-0.25, -0.2) is 0 Å². The predicted molar refractivity (Wildman–Crippen MR) is 88.2 cm³/mol. The molecule has 1 aromatic carbocycles. The van der Waals surface area contributed by atoms with E-state index in [1.165, 1.54) is 27.8 Å². The lowest BCUT2D eigenvalue weighted by Crippen LogP contribution is -2.31. The normalized spacial score (nSPS) is 12.7. The minimum atomic E-state index is 0.235. The largest absolute Gasteiger partial charge is 0.329 e. The first-order valence-electron chi connectivity index (χ1n) is 7.40. The van der Waals surface area contributed by atoms with E-state index in [9.17, 15) is 0 Å². The van der Waals surface area contributed by atoms with Crippen molar-refractivity contribution in [1.82, 2.24) is 9.88 Å². The van der Waals surface area contributed by atoms with E-state index in [1.54, 1.807) is 0 Å². The second-order valence-corrected chi connectivity index (χ2v) is 5.83. The number of nitrogens with two attached hydrogens (primary N) is 1. The van der Waals surface area contributed by atoms with E-state index >= 15 is 0 Å². The molecule has 0 fully saturated rings. The fourth-order valence-corrected chi connectivity index (χ4v) is 3.12. The summed E-state index contributed by atoms with van der Waals surface area (Å²) in [4.78, 5) is 6.39. The van der Waals surface area contributed by atoms with Gasteiger partial charge in [-0.15, -0.1) is 0 Å². The van der Waals surface area contributed by atoms with Gasteiger partial charge in [0, 0.05) is 31.5 Å². The number of hydrogen-bond donors (Lipinski definition) is 1. The smallest absolute Gasteiger partial charge is 0.0476 e. The second-order valence-electron chi connectivity index (χ2n) is 5.83. The molecule has 0 saturated carbocycles. The number of aryl methyl sites for hydroxylation is 3. The Kier molecular flexibility index (Phi) is 5.10. The van der Waals surface area contributed by atoms with Gasteiger partial charge in [0.05, 0.1) is 0 Å². The lowest BCUT2D eigenvalue weighted by atomic mass is 9.93. The van der Waals surface area contributed by atoms with Gasteiger partial charge in [-0.1, -0.05) is 17.7 Å². The molecule has 3 nitrogen and oxygen atoms in total. The molecule has 1 atom stereocenters. The summed E-state index contributed by atoms with van der Waals surface area (Å²) in [5.41, 5.74) is 12.7. The Morgan fingerprint density at radius 3 is 2.19 bits per heavy atom. The molecule has 0 aliphatic rings. The molecule has 2 N–H and O–H groups in total. The predicted octanol–water partition coefficient (Wildman–Crippen LogP) is 3.14. The van der Waals surface area contributed by atoms with Gasteiger partial charge in [0.2, 0.25) is 0 Å². The summed E-state index contributed by atoms with van der Waals surface area (Å²) in [6.07, 6.45) is 3.67. The van der Waals surface area contributed by atoms with Crippen LogP contribution in [-0.4, -0.2) is 23.5 Å². The summed E-state index contributed by atoms with van der Waals surface area (Å²) in [6, 6.07) is 8.83. The van der Waals surface area contributed by atoms with Crippen molar-refractivity contribution in [3.05, 3.63) is 64.5 Å². The van der Waals surface area contributed by atoms with Gasteiger partial charge < -0.3 is 5.73 Å². The average molecular weight is 283 g/mol. The van der Waals surface area contributed by atoms with Crippen LogP contribution in [0, 0.1) is 20.8 Å². The van der Waals surface area contributed by atoms with Crippen LogP contribution in [0.15, 0.2) is 36.7 Å². The van der Waals surface area contributed by atoms with Crippen LogP contribution in [0.1, 0.15) is 33.9 Å². The molecule has 0 saturated heterocycles. The highest BCUT2D eigenvalue weighted by Crippen LogP contribution is 2.27. The van der Waals surface area contributed by atoms with Crippen LogP contribution >= 0.6 is 0 Å². The topological polar surface area (TPSA) is 42.1 Å². The number of rotatable bonds is 5. The van der Waals surface area contributed by atoms with Gasteiger partial charge in [-0.2, -0.15) is 0 Å². The third-order valence-electron chi connectivity index (χ3n) is 4.01. The number of benzene rings is 1. The fraction of sp³-hybridized carbons (Fsp3) is 0.389. The van der Waals surface area contributed by atoms with Crippen molar-refractivity contribution >= 4 is 0 Å². The molecule has 1 aromatic heterocycles. The molecule has 112 valence electrons. The molecule has 2 aromatic rings. The lowest BCUT2D eigenvalue weighted by Gasteiger charge is -2.30. The van der Waals surface area contributed by atoms with E-state index in [0.717, 1.165) is 6.54 Å². The second kappa shape index (κ2) is 6.83. The van der Waals surface area contributed by atoms with Crippen molar-refractivity contribution < 1.29 is 0 Å². The maximum atomic E-state index is 6.08. The summed E-state index contributed by atoms with van der Waals surface area (Å²) in [6.45, 7) is 7.99. The summed E-state index contributed by atoms with van der Waals surface area (Å²) < 4.78 is 0. The number of nitrogens with zero attached hydrogens (tertiary/aromatic N) is 2.